The minimum atomic E-state index is 0.369. The fourth-order valence-corrected chi connectivity index (χ4v) is 5.23. The van der Waals surface area contributed by atoms with E-state index in [0.717, 1.165) is 63.9 Å². The largest absolute Gasteiger partial charge is 0.508 e. The van der Waals surface area contributed by atoms with E-state index in [0.29, 0.717) is 11.7 Å². The van der Waals surface area contributed by atoms with Gasteiger partial charge < -0.3 is 20.5 Å². The molecule has 0 heterocycles. The number of hydrogen-bond acceptors (Lipinski definition) is 4. The van der Waals surface area contributed by atoms with Crippen molar-refractivity contribution in [2.75, 3.05) is 32.1 Å². The molecule has 36 heavy (non-hydrogen) atoms. The third kappa shape index (κ3) is 7.27. The van der Waals surface area contributed by atoms with E-state index in [4.69, 9.17) is 4.74 Å². The van der Waals surface area contributed by atoms with Crippen LogP contribution in [0, 0.1) is 0 Å². The second-order valence-corrected chi connectivity index (χ2v) is 10.0. The number of nitrogens with one attached hydrogen (secondary N) is 2. The Bertz CT molecular complexity index is 1090. The number of methoxy groups -OCH3 is 1. The van der Waals surface area contributed by atoms with Crippen LogP contribution in [-0.2, 0) is 25.7 Å². The summed E-state index contributed by atoms with van der Waals surface area (Å²) >= 11 is 0. The topological polar surface area (TPSA) is 53.5 Å². The molecule has 0 saturated heterocycles. The van der Waals surface area contributed by atoms with Crippen LogP contribution in [0.25, 0.3) is 0 Å². The Kier molecular flexibility index (Phi) is 9.68. The van der Waals surface area contributed by atoms with Gasteiger partial charge in [0.05, 0.1) is 7.11 Å². The Morgan fingerprint density at radius 2 is 1.67 bits per heavy atom. The van der Waals surface area contributed by atoms with E-state index < -0.39 is 0 Å². The molecular weight excluding hydrogens is 444 g/mol. The second-order valence-electron chi connectivity index (χ2n) is 10.0. The molecule has 3 aromatic rings. The fourth-order valence-electron chi connectivity index (χ4n) is 5.23. The summed E-state index contributed by atoms with van der Waals surface area (Å²) in [6.07, 6.45) is 8.86. The number of unbranched alkanes of at least 4 members (excludes halogenated alkanes) is 1. The quantitative estimate of drug-likeness (QED) is 0.237. The van der Waals surface area contributed by atoms with Gasteiger partial charge in [0, 0.05) is 18.3 Å². The van der Waals surface area contributed by atoms with Crippen LogP contribution in [-0.4, -0.2) is 31.9 Å². The molecule has 4 nitrogen and oxygen atoms in total. The maximum Gasteiger partial charge on any atom is 0.120 e. The van der Waals surface area contributed by atoms with Gasteiger partial charge in [-0.15, -0.1) is 0 Å². The van der Waals surface area contributed by atoms with Gasteiger partial charge in [-0.05, 0) is 110 Å². The van der Waals surface area contributed by atoms with Gasteiger partial charge in [-0.25, -0.2) is 0 Å². The van der Waals surface area contributed by atoms with Crippen molar-refractivity contribution in [3.8, 4) is 11.5 Å². The minimum absolute atomic E-state index is 0.369. The lowest BCUT2D eigenvalue weighted by Gasteiger charge is -2.27. The predicted octanol–water partition coefficient (Wildman–Crippen LogP) is 6.65. The molecule has 0 fully saturated rings. The molecule has 1 atom stereocenters. The van der Waals surface area contributed by atoms with Crippen molar-refractivity contribution in [2.45, 2.75) is 64.2 Å². The molecule has 1 aliphatic rings. The Morgan fingerprint density at radius 3 is 2.44 bits per heavy atom. The van der Waals surface area contributed by atoms with Gasteiger partial charge in [0.1, 0.15) is 11.5 Å². The first-order valence-electron chi connectivity index (χ1n) is 13.7. The Labute approximate surface area is 217 Å². The van der Waals surface area contributed by atoms with Crippen molar-refractivity contribution in [2.24, 2.45) is 0 Å². The molecule has 0 bridgehead atoms. The first-order chi connectivity index (χ1) is 17.7. The number of aryl methyl sites for hydroxylation is 2. The second kappa shape index (κ2) is 13.4. The molecule has 0 aromatic heterocycles. The molecule has 0 radical (unpaired) electrons. The van der Waals surface area contributed by atoms with Crippen molar-refractivity contribution in [3.63, 3.8) is 0 Å². The molecule has 0 spiro atoms. The average molecular weight is 487 g/mol. The van der Waals surface area contributed by atoms with Crippen LogP contribution in [0.1, 0.15) is 66.3 Å². The summed E-state index contributed by atoms with van der Waals surface area (Å²) in [5, 5.41) is 17.1. The van der Waals surface area contributed by atoms with E-state index in [9.17, 15) is 5.11 Å². The van der Waals surface area contributed by atoms with Crippen molar-refractivity contribution in [1.82, 2.24) is 5.32 Å². The molecule has 4 heteroatoms. The summed E-state index contributed by atoms with van der Waals surface area (Å²) in [4.78, 5) is 0. The molecule has 0 amide bonds. The lowest BCUT2D eigenvalue weighted by atomic mass is 9.79. The summed E-state index contributed by atoms with van der Waals surface area (Å²) in [7, 11) is 1.73. The zero-order valence-electron chi connectivity index (χ0n) is 22.0. The molecule has 0 aliphatic heterocycles. The monoisotopic (exact) mass is 486 g/mol. The van der Waals surface area contributed by atoms with Crippen molar-refractivity contribution >= 4 is 5.69 Å². The average Bonchev–Trinajstić information content (AvgIpc) is 2.91. The number of aromatic hydroxyl groups is 1. The van der Waals surface area contributed by atoms with Gasteiger partial charge in [-0.3, -0.25) is 0 Å². The zero-order chi connectivity index (χ0) is 25.2. The smallest absolute Gasteiger partial charge is 0.120 e. The fraction of sp³-hybridized carbons (Fsp3) is 0.438. The van der Waals surface area contributed by atoms with Crippen LogP contribution in [0.2, 0.25) is 0 Å². The number of ether oxygens (including phenoxy) is 1. The van der Waals surface area contributed by atoms with Crippen molar-refractivity contribution < 1.29 is 9.84 Å². The molecule has 0 saturated carbocycles. The highest BCUT2D eigenvalue weighted by atomic mass is 16.5. The van der Waals surface area contributed by atoms with Gasteiger partial charge in [0.25, 0.3) is 0 Å². The van der Waals surface area contributed by atoms with Gasteiger partial charge in [0.15, 0.2) is 0 Å². The van der Waals surface area contributed by atoms with Crippen LogP contribution in [0.4, 0.5) is 5.69 Å². The van der Waals surface area contributed by atoms with Crippen molar-refractivity contribution in [1.29, 1.82) is 0 Å². The normalized spacial score (nSPS) is 14.9. The van der Waals surface area contributed by atoms with E-state index in [1.807, 2.05) is 12.1 Å². The summed E-state index contributed by atoms with van der Waals surface area (Å²) in [5.41, 5.74) is 8.00. The van der Waals surface area contributed by atoms with E-state index in [1.165, 1.54) is 46.3 Å². The van der Waals surface area contributed by atoms with Gasteiger partial charge in [0.2, 0.25) is 0 Å². The van der Waals surface area contributed by atoms with Crippen LogP contribution in [0.3, 0.4) is 0 Å². The highest BCUT2D eigenvalue weighted by molar-refractivity contribution is 5.57. The highest BCUT2D eigenvalue weighted by Crippen LogP contribution is 2.38. The van der Waals surface area contributed by atoms with Crippen LogP contribution < -0.4 is 15.4 Å². The Hall–Kier alpha value is -2.98. The number of hydrogen-bond donors (Lipinski definition) is 3. The summed E-state index contributed by atoms with van der Waals surface area (Å²) in [6.45, 7) is 5.34. The van der Waals surface area contributed by atoms with Crippen molar-refractivity contribution in [3.05, 3.63) is 88.5 Å². The summed E-state index contributed by atoms with van der Waals surface area (Å²) in [6, 6.07) is 21.4. The lowest BCUT2D eigenvalue weighted by Crippen LogP contribution is -2.18. The summed E-state index contributed by atoms with van der Waals surface area (Å²) < 4.78 is 5.53. The number of phenols is 1. The van der Waals surface area contributed by atoms with E-state index >= 15 is 0 Å². The summed E-state index contributed by atoms with van der Waals surface area (Å²) in [5.74, 6) is 1.73. The van der Waals surface area contributed by atoms with E-state index in [-0.39, 0.29) is 0 Å². The maximum absolute atomic E-state index is 9.82. The SMILES string of the molecule is CCCCNCCc1ccc(CCCNc2cc(OC)ccc2[C@@H]2CCc3cc(O)ccc3C2)cc1. The number of phenolic OH excluding ortho intramolecular Hbond substituents is 1. The molecule has 3 N–H and O–H groups in total. The number of fused-ring (bicyclic) bond motifs is 1. The molecule has 3 aromatic carbocycles. The first kappa shape index (κ1) is 26.1. The minimum Gasteiger partial charge on any atom is -0.508 e. The number of rotatable bonds is 13. The van der Waals surface area contributed by atoms with Crippen LogP contribution in [0.5, 0.6) is 11.5 Å². The third-order valence-corrected chi connectivity index (χ3v) is 7.40. The third-order valence-electron chi connectivity index (χ3n) is 7.40. The number of benzene rings is 3. The standard InChI is InChI=1S/C32H42N2O2/c1-3-4-18-33-20-17-25-9-7-24(8-10-25)6-5-19-34-32-23-30(36-2)15-16-31(32)28-12-11-27-22-29(35)14-13-26(27)21-28/h7-10,13-16,22-23,28,33-35H,3-6,11-12,17-21H2,1-2H3/t28-/m1/s1. The lowest BCUT2D eigenvalue weighted by molar-refractivity contribution is 0.414. The molecule has 4 rings (SSSR count). The zero-order valence-corrected chi connectivity index (χ0v) is 22.0. The first-order valence-corrected chi connectivity index (χ1v) is 13.7. The molecule has 1 aliphatic carbocycles. The Morgan fingerprint density at radius 1 is 0.861 bits per heavy atom. The number of anilines is 1. The van der Waals surface area contributed by atoms with Crippen LogP contribution >= 0.6 is 0 Å². The molecular formula is C32H42N2O2. The molecule has 192 valence electrons. The molecule has 0 unspecified atom stereocenters. The van der Waals surface area contributed by atoms with E-state index in [2.05, 4.69) is 66.1 Å². The Balaban J connectivity index is 1.30. The van der Waals surface area contributed by atoms with Crippen LogP contribution in [0.15, 0.2) is 60.7 Å². The predicted molar refractivity (Wildman–Crippen MR) is 151 cm³/mol. The van der Waals surface area contributed by atoms with Gasteiger partial charge >= 0.3 is 0 Å². The highest BCUT2D eigenvalue weighted by Gasteiger charge is 2.23. The van der Waals surface area contributed by atoms with Gasteiger partial charge in [-0.2, -0.15) is 0 Å². The maximum atomic E-state index is 9.82. The van der Waals surface area contributed by atoms with E-state index in [1.54, 1.807) is 7.11 Å². The van der Waals surface area contributed by atoms with Gasteiger partial charge in [-0.1, -0.05) is 49.7 Å².